The zero-order valence-electron chi connectivity index (χ0n) is 8.26. The summed E-state index contributed by atoms with van der Waals surface area (Å²) in [6, 6.07) is 4.46. The van der Waals surface area contributed by atoms with Crippen molar-refractivity contribution in [2.75, 3.05) is 6.54 Å². The summed E-state index contributed by atoms with van der Waals surface area (Å²) in [5.74, 6) is -0.348. The van der Waals surface area contributed by atoms with Crippen LogP contribution in [0.5, 0.6) is 0 Å². The second-order valence-electron chi connectivity index (χ2n) is 3.01. The number of amides is 1. The van der Waals surface area contributed by atoms with Gasteiger partial charge in [0.25, 0.3) is 0 Å². The summed E-state index contributed by atoms with van der Waals surface area (Å²) in [4.78, 5) is 10.6. The topological polar surface area (TPSA) is 29.1 Å². The Hall–Kier alpha value is -1.16. The van der Waals surface area contributed by atoms with Gasteiger partial charge < -0.3 is 5.32 Å². The second kappa shape index (κ2) is 5.66. The first kappa shape index (κ1) is 11.9. The summed E-state index contributed by atoms with van der Waals surface area (Å²) in [7, 11) is 0. The standard InChI is InChI=1S/C11H11BrFNO/c1-8(15)14-6-2-3-9-4-5-10(13)7-11(9)12/h2-5,7H,6H2,1H3,(H,14,15). The third-order valence-corrected chi connectivity index (χ3v) is 2.42. The number of hydrogen-bond acceptors (Lipinski definition) is 1. The molecule has 80 valence electrons. The monoisotopic (exact) mass is 271 g/mol. The van der Waals surface area contributed by atoms with Crippen molar-refractivity contribution in [3.63, 3.8) is 0 Å². The van der Waals surface area contributed by atoms with Crippen LogP contribution < -0.4 is 5.32 Å². The van der Waals surface area contributed by atoms with Crippen molar-refractivity contribution in [1.82, 2.24) is 5.32 Å². The predicted octanol–water partition coefficient (Wildman–Crippen LogP) is 2.74. The predicted molar refractivity (Wildman–Crippen MR) is 61.8 cm³/mol. The molecule has 15 heavy (non-hydrogen) atoms. The molecule has 0 aliphatic rings. The number of rotatable bonds is 3. The number of carbonyl (C=O) groups excluding carboxylic acids is 1. The van der Waals surface area contributed by atoms with Crippen LogP contribution in [-0.4, -0.2) is 12.5 Å². The van der Waals surface area contributed by atoms with E-state index in [1.165, 1.54) is 19.1 Å². The van der Waals surface area contributed by atoms with E-state index < -0.39 is 0 Å². The fourth-order valence-corrected chi connectivity index (χ4v) is 1.51. The van der Waals surface area contributed by atoms with Crippen molar-refractivity contribution >= 4 is 27.9 Å². The molecule has 0 aromatic heterocycles. The fraction of sp³-hybridized carbons (Fsp3) is 0.182. The zero-order valence-corrected chi connectivity index (χ0v) is 9.84. The molecule has 0 unspecified atom stereocenters. The minimum Gasteiger partial charge on any atom is -0.353 e. The fourth-order valence-electron chi connectivity index (χ4n) is 1.03. The average molecular weight is 272 g/mol. The van der Waals surface area contributed by atoms with E-state index in [0.717, 1.165) is 5.56 Å². The van der Waals surface area contributed by atoms with Crippen LogP contribution in [0.25, 0.3) is 6.08 Å². The van der Waals surface area contributed by atoms with Gasteiger partial charge in [-0.3, -0.25) is 4.79 Å². The van der Waals surface area contributed by atoms with Crippen LogP contribution in [0, 0.1) is 5.82 Å². The zero-order chi connectivity index (χ0) is 11.3. The molecule has 4 heteroatoms. The average Bonchev–Trinajstić information content (AvgIpc) is 2.14. The van der Waals surface area contributed by atoms with E-state index in [9.17, 15) is 9.18 Å². The highest BCUT2D eigenvalue weighted by Crippen LogP contribution is 2.18. The normalized spacial score (nSPS) is 10.6. The first-order valence-electron chi connectivity index (χ1n) is 4.45. The number of benzene rings is 1. The highest BCUT2D eigenvalue weighted by Gasteiger charge is 1.97. The number of carbonyl (C=O) groups is 1. The van der Waals surface area contributed by atoms with Gasteiger partial charge in [0.2, 0.25) is 5.91 Å². The minimum absolute atomic E-state index is 0.0715. The van der Waals surface area contributed by atoms with Crippen LogP contribution >= 0.6 is 15.9 Å². The van der Waals surface area contributed by atoms with Crippen molar-refractivity contribution in [2.24, 2.45) is 0 Å². The van der Waals surface area contributed by atoms with Gasteiger partial charge in [-0.1, -0.05) is 34.1 Å². The van der Waals surface area contributed by atoms with Crippen molar-refractivity contribution in [1.29, 1.82) is 0 Å². The molecule has 0 heterocycles. The minimum atomic E-state index is -0.277. The van der Waals surface area contributed by atoms with Crippen LogP contribution in [0.15, 0.2) is 28.7 Å². The summed E-state index contributed by atoms with van der Waals surface area (Å²) in [6.07, 6.45) is 3.62. The molecule has 0 atom stereocenters. The van der Waals surface area contributed by atoms with Crippen LogP contribution in [0.2, 0.25) is 0 Å². The third kappa shape index (κ3) is 4.25. The van der Waals surface area contributed by atoms with E-state index in [1.807, 2.05) is 6.08 Å². The summed E-state index contributed by atoms with van der Waals surface area (Å²) in [5.41, 5.74) is 0.877. The Morgan fingerprint density at radius 1 is 1.60 bits per heavy atom. The van der Waals surface area contributed by atoms with E-state index in [4.69, 9.17) is 0 Å². The van der Waals surface area contributed by atoms with Gasteiger partial charge in [-0.25, -0.2) is 4.39 Å². The quantitative estimate of drug-likeness (QED) is 0.900. The SMILES string of the molecule is CC(=O)NCC=Cc1ccc(F)cc1Br. The van der Waals surface area contributed by atoms with Gasteiger partial charge in [0.15, 0.2) is 0 Å². The lowest BCUT2D eigenvalue weighted by molar-refractivity contribution is -0.118. The van der Waals surface area contributed by atoms with E-state index in [2.05, 4.69) is 21.2 Å². The maximum Gasteiger partial charge on any atom is 0.217 e. The van der Waals surface area contributed by atoms with Crippen LogP contribution in [0.3, 0.4) is 0 Å². The highest BCUT2D eigenvalue weighted by molar-refractivity contribution is 9.10. The molecular formula is C11H11BrFNO. The summed E-state index contributed by atoms with van der Waals surface area (Å²) in [5, 5.41) is 2.63. The maximum atomic E-state index is 12.7. The van der Waals surface area contributed by atoms with Crippen molar-refractivity contribution < 1.29 is 9.18 Å². The molecule has 1 amide bonds. The second-order valence-corrected chi connectivity index (χ2v) is 3.86. The molecule has 2 nitrogen and oxygen atoms in total. The van der Waals surface area contributed by atoms with E-state index in [-0.39, 0.29) is 11.7 Å². The van der Waals surface area contributed by atoms with Gasteiger partial charge in [0, 0.05) is 17.9 Å². The molecule has 1 N–H and O–H groups in total. The number of hydrogen-bond donors (Lipinski definition) is 1. The molecule has 0 aliphatic carbocycles. The van der Waals surface area contributed by atoms with Crippen LogP contribution in [-0.2, 0) is 4.79 Å². The van der Waals surface area contributed by atoms with Crippen molar-refractivity contribution in [3.8, 4) is 0 Å². The smallest absolute Gasteiger partial charge is 0.217 e. The Labute approximate surface area is 96.3 Å². The van der Waals surface area contributed by atoms with E-state index in [1.54, 1.807) is 12.1 Å². The lowest BCUT2D eigenvalue weighted by Crippen LogP contribution is -2.19. The van der Waals surface area contributed by atoms with Crippen molar-refractivity contribution in [3.05, 3.63) is 40.1 Å². The molecule has 0 saturated heterocycles. The third-order valence-electron chi connectivity index (χ3n) is 1.73. The Morgan fingerprint density at radius 3 is 2.93 bits per heavy atom. The summed E-state index contributed by atoms with van der Waals surface area (Å²) >= 11 is 3.25. The van der Waals surface area contributed by atoms with Gasteiger partial charge in [-0.2, -0.15) is 0 Å². The van der Waals surface area contributed by atoms with Gasteiger partial charge in [-0.15, -0.1) is 0 Å². The first-order valence-corrected chi connectivity index (χ1v) is 5.25. The lowest BCUT2D eigenvalue weighted by Gasteiger charge is -1.99. The molecule has 1 rings (SSSR count). The van der Waals surface area contributed by atoms with Gasteiger partial charge in [-0.05, 0) is 17.7 Å². The Kier molecular flexibility index (Phi) is 4.49. The molecular weight excluding hydrogens is 261 g/mol. The van der Waals surface area contributed by atoms with Crippen molar-refractivity contribution in [2.45, 2.75) is 6.92 Å². The molecule has 0 saturated carbocycles. The Balaban J connectivity index is 2.60. The molecule has 0 spiro atoms. The van der Waals surface area contributed by atoms with Crippen LogP contribution in [0.4, 0.5) is 4.39 Å². The highest BCUT2D eigenvalue weighted by atomic mass is 79.9. The van der Waals surface area contributed by atoms with Gasteiger partial charge in [0.05, 0.1) is 0 Å². The molecule has 0 aliphatic heterocycles. The molecule has 0 bridgehead atoms. The molecule has 1 aromatic rings. The molecule has 0 radical (unpaired) electrons. The summed E-state index contributed by atoms with van der Waals surface area (Å²) < 4.78 is 13.4. The molecule has 1 aromatic carbocycles. The Bertz CT molecular complexity index is 390. The largest absolute Gasteiger partial charge is 0.353 e. The first-order chi connectivity index (χ1) is 7.09. The van der Waals surface area contributed by atoms with E-state index >= 15 is 0 Å². The van der Waals surface area contributed by atoms with Gasteiger partial charge in [0.1, 0.15) is 5.82 Å². The maximum absolute atomic E-state index is 12.7. The van der Waals surface area contributed by atoms with Gasteiger partial charge >= 0.3 is 0 Å². The number of nitrogens with one attached hydrogen (secondary N) is 1. The van der Waals surface area contributed by atoms with Crippen LogP contribution in [0.1, 0.15) is 12.5 Å². The molecule has 0 fully saturated rings. The Morgan fingerprint density at radius 2 is 2.33 bits per heavy atom. The summed E-state index contributed by atoms with van der Waals surface area (Å²) in [6.45, 7) is 1.93. The number of halogens is 2. The lowest BCUT2D eigenvalue weighted by atomic mass is 10.2. The van der Waals surface area contributed by atoms with E-state index in [0.29, 0.717) is 11.0 Å².